The minimum atomic E-state index is -0.115. The highest BCUT2D eigenvalue weighted by Crippen LogP contribution is 2.25. The summed E-state index contributed by atoms with van der Waals surface area (Å²) in [6.45, 7) is 3.73. The van der Waals surface area contributed by atoms with Crippen LogP contribution in [0.15, 0.2) is 53.9 Å². The average molecular weight is 435 g/mol. The van der Waals surface area contributed by atoms with Crippen molar-refractivity contribution in [2.75, 3.05) is 44.2 Å². The van der Waals surface area contributed by atoms with Gasteiger partial charge >= 0.3 is 0 Å². The number of nitrogens with zero attached hydrogens (tertiary/aromatic N) is 7. The number of hydrogen-bond acceptors (Lipinski definition) is 7. The molecule has 0 spiro atoms. The van der Waals surface area contributed by atoms with Crippen LogP contribution in [0.25, 0.3) is 5.82 Å². The number of furan rings is 1. The normalized spacial score (nSPS) is 17.6. The number of carbonyl (C=O) groups excluding carboxylic acids is 2. The number of anilines is 1. The molecule has 0 unspecified atom stereocenters. The maximum atomic E-state index is 13.1. The molecule has 0 atom stereocenters. The molecule has 3 aromatic heterocycles. The fourth-order valence-electron chi connectivity index (χ4n) is 4.35. The van der Waals surface area contributed by atoms with E-state index in [-0.39, 0.29) is 17.7 Å². The maximum Gasteiger partial charge on any atom is 0.289 e. The molecule has 5 heterocycles. The van der Waals surface area contributed by atoms with E-state index in [0.29, 0.717) is 31.9 Å². The highest BCUT2D eigenvalue weighted by Gasteiger charge is 2.32. The number of piperidine rings is 1. The van der Waals surface area contributed by atoms with E-state index in [0.717, 1.165) is 37.6 Å². The molecule has 0 N–H and O–H groups in total. The predicted molar refractivity (Wildman–Crippen MR) is 115 cm³/mol. The summed E-state index contributed by atoms with van der Waals surface area (Å²) in [4.78, 5) is 44.1. The molecule has 2 fully saturated rings. The Hall–Kier alpha value is -3.69. The Morgan fingerprint density at radius 1 is 0.969 bits per heavy atom. The third-order valence-electron chi connectivity index (χ3n) is 6.19. The molecule has 5 rings (SSSR count). The summed E-state index contributed by atoms with van der Waals surface area (Å²) in [5.74, 6) is 2.06. The van der Waals surface area contributed by atoms with E-state index in [1.807, 2.05) is 21.7 Å². The monoisotopic (exact) mass is 435 g/mol. The van der Waals surface area contributed by atoms with E-state index in [2.05, 4.69) is 19.9 Å². The van der Waals surface area contributed by atoms with Gasteiger partial charge in [-0.3, -0.25) is 14.2 Å². The van der Waals surface area contributed by atoms with Gasteiger partial charge in [0, 0.05) is 63.6 Å². The summed E-state index contributed by atoms with van der Waals surface area (Å²) in [5.41, 5.74) is 0. The van der Waals surface area contributed by atoms with Crippen LogP contribution in [-0.4, -0.2) is 80.4 Å². The number of rotatable bonds is 4. The molecular weight excluding hydrogens is 410 g/mol. The van der Waals surface area contributed by atoms with Crippen molar-refractivity contribution in [1.29, 1.82) is 0 Å². The van der Waals surface area contributed by atoms with Gasteiger partial charge in [-0.2, -0.15) is 0 Å². The van der Waals surface area contributed by atoms with Crippen molar-refractivity contribution in [2.45, 2.75) is 12.8 Å². The average Bonchev–Trinajstić information content (AvgIpc) is 3.58. The molecule has 166 valence electrons. The highest BCUT2D eigenvalue weighted by molar-refractivity contribution is 5.91. The molecule has 3 aromatic rings. The van der Waals surface area contributed by atoms with Crippen molar-refractivity contribution < 1.29 is 14.0 Å². The molecule has 0 aliphatic carbocycles. The molecule has 0 bridgehead atoms. The second-order valence-corrected chi connectivity index (χ2v) is 8.06. The smallest absolute Gasteiger partial charge is 0.289 e. The van der Waals surface area contributed by atoms with Gasteiger partial charge in [0.05, 0.1) is 6.26 Å². The Balaban J connectivity index is 1.14. The molecule has 0 saturated carbocycles. The first-order chi connectivity index (χ1) is 15.7. The number of imidazole rings is 1. The number of amides is 2. The van der Waals surface area contributed by atoms with Gasteiger partial charge in [0.25, 0.3) is 5.91 Å². The van der Waals surface area contributed by atoms with E-state index in [9.17, 15) is 9.59 Å². The fourth-order valence-corrected chi connectivity index (χ4v) is 4.35. The second-order valence-electron chi connectivity index (χ2n) is 8.06. The van der Waals surface area contributed by atoms with E-state index < -0.39 is 0 Å². The van der Waals surface area contributed by atoms with Crippen LogP contribution < -0.4 is 4.90 Å². The summed E-state index contributed by atoms with van der Waals surface area (Å²) in [5, 5.41) is 0. The Labute approximate surface area is 185 Å². The van der Waals surface area contributed by atoms with Gasteiger partial charge in [-0.25, -0.2) is 15.0 Å². The predicted octanol–water partition coefficient (Wildman–Crippen LogP) is 1.46. The van der Waals surface area contributed by atoms with E-state index in [1.165, 1.54) is 6.26 Å². The van der Waals surface area contributed by atoms with Crippen molar-refractivity contribution in [3.8, 4) is 5.82 Å². The first-order valence-electron chi connectivity index (χ1n) is 10.9. The third-order valence-corrected chi connectivity index (χ3v) is 6.19. The molecule has 2 aliphatic rings. The summed E-state index contributed by atoms with van der Waals surface area (Å²) >= 11 is 0. The van der Waals surface area contributed by atoms with Crippen LogP contribution in [-0.2, 0) is 4.79 Å². The zero-order chi connectivity index (χ0) is 21.9. The van der Waals surface area contributed by atoms with Crippen LogP contribution in [0.4, 0.5) is 5.82 Å². The van der Waals surface area contributed by atoms with E-state index >= 15 is 0 Å². The largest absolute Gasteiger partial charge is 0.459 e. The lowest BCUT2D eigenvalue weighted by Crippen LogP contribution is -2.53. The Morgan fingerprint density at radius 3 is 2.41 bits per heavy atom. The van der Waals surface area contributed by atoms with E-state index in [4.69, 9.17) is 4.42 Å². The molecule has 10 nitrogen and oxygen atoms in total. The standard InChI is InChI=1S/C22H25N7O3/c30-21(27-9-11-28(12-10-27)22(31)18-2-1-13-32-18)17-3-6-26(7-4-17)19-14-20(25-15-24-19)29-8-5-23-16-29/h1-2,5,8,13-17H,3-4,6-7,9-12H2. The summed E-state index contributed by atoms with van der Waals surface area (Å²) < 4.78 is 7.05. The lowest BCUT2D eigenvalue weighted by Gasteiger charge is -2.38. The van der Waals surface area contributed by atoms with Crippen LogP contribution in [0.3, 0.4) is 0 Å². The minimum Gasteiger partial charge on any atom is -0.459 e. The van der Waals surface area contributed by atoms with Crippen molar-refractivity contribution in [3.63, 3.8) is 0 Å². The molecule has 0 aromatic carbocycles. The molecule has 2 saturated heterocycles. The topological polar surface area (TPSA) is 101 Å². The van der Waals surface area contributed by atoms with Gasteiger partial charge in [-0.1, -0.05) is 0 Å². The molecular formula is C22H25N7O3. The summed E-state index contributed by atoms with van der Waals surface area (Å²) in [6.07, 6.45) is 9.90. The zero-order valence-corrected chi connectivity index (χ0v) is 17.7. The van der Waals surface area contributed by atoms with Crippen LogP contribution in [0.1, 0.15) is 23.4 Å². The Bertz CT molecular complexity index is 1050. The van der Waals surface area contributed by atoms with Gasteiger partial charge in [-0.15, -0.1) is 0 Å². The van der Waals surface area contributed by atoms with Gasteiger partial charge < -0.3 is 19.1 Å². The minimum absolute atomic E-state index is 0.00790. The van der Waals surface area contributed by atoms with Crippen LogP contribution in [0.5, 0.6) is 0 Å². The van der Waals surface area contributed by atoms with Crippen molar-refractivity contribution in [1.82, 2.24) is 29.3 Å². The highest BCUT2D eigenvalue weighted by atomic mass is 16.3. The van der Waals surface area contributed by atoms with Gasteiger partial charge in [0.15, 0.2) is 5.76 Å². The van der Waals surface area contributed by atoms with Crippen molar-refractivity contribution in [2.24, 2.45) is 5.92 Å². The lowest BCUT2D eigenvalue weighted by molar-refractivity contribution is -0.137. The number of carbonyl (C=O) groups is 2. The first kappa shape index (κ1) is 20.2. The van der Waals surface area contributed by atoms with Crippen molar-refractivity contribution in [3.05, 3.63) is 55.3 Å². The zero-order valence-electron chi connectivity index (χ0n) is 17.7. The van der Waals surface area contributed by atoms with Crippen LogP contribution in [0.2, 0.25) is 0 Å². The summed E-state index contributed by atoms with van der Waals surface area (Å²) in [7, 11) is 0. The molecule has 0 radical (unpaired) electrons. The van der Waals surface area contributed by atoms with Crippen LogP contribution >= 0.6 is 0 Å². The Morgan fingerprint density at radius 2 is 1.72 bits per heavy atom. The SMILES string of the molecule is O=C(c1ccco1)N1CCN(C(=O)C2CCN(c3cc(-n4ccnc4)ncn3)CC2)CC1. The van der Waals surface area contributed by atoms with Gasteiger partial charge in [-0.05, 0) is 25.0 Å². The molecule has 2 amide bonds. The molecule has 2 aliphatic heterocycles. The van der Waals surface area contributed by atoms with Gasteiger partial charge in [0.1, 0.15) is 24.3 Å². The van der Waals surface area contributed by atoms with Crippen molar-refractivity contribution >= 4 is 17.6 Å². The first-order valence-corrected chi connectivity index (χ1v) is 10.9. The Kier molecular flexibility index (Phi) is 5.57. The molecule has 32 heavy (non-hydrogen) atoms. The maximum absolute atomic E-state index is 13.1. The van der Waals surface area contributed by atoms with Gasteiger partial charge in [0.2, 0.25) is 5.91 Å². The number of hydrogen-bond donors (Lipinski definition) is 0. The quantitative estimate of drug-likeness (QED) is 0.611. The number of aromatic nitrogens is 4. The van der Waals surface area contributed by atoms with E-state index in [1.54, 1.807) is 35.9 Å². The molecule has 10 heteroatoms. The third kappa shape index (κ3) is 4.08. The number of piperazine rings is 1. The second kappa shape index (κ2) is 8.81. The lowest BCUT2D eigenvalue weighted by atomic mass is 9.95. The fraction of sp³-hybridized carbons (Fsp3) is 0.409. The summed E-state index contributed by atoms with van der Waals surface area (Å²) in [6, 6.07) is 5.32. The van der Waals surface area contributed by atoms with Crippen LogP contribution in [0, 0.1) is 5.92 Å².